The number of carbonyl (C=O) groups is 1. The third-order valence-corrected chi connectivity index (χ3v) is 4.74. The van der Waals surface area contributed by atoms with Gasteiger partial charge in [-0.2, -0.15) is 15.0 Å². The Bertz CT molecular complexity index is 1010. The minimum Gasteiger partial charge on any atom is -0.447 e. The van der Waals surface area contributed by atoms with Gasteiger partial charge in [-0.05, 0) is 32.4 Å². The van der Waals surface area contributed by atoms with E-state index in [-0.39, 0.29) is 12.1 Å². The molecule has 0 unspecified atom stereocenters. The summed E-state index contributed by atoms with van der Waals surface area (Å²) in [5.74, 6) is 1.19. The highest BCUT2D eigenvalue weighted by Gasteiger charge is 2.35. The SMILES string of the molecule is CC[C@H]1COC(=O)N1c1nc(C)nc(N[C@@H](C)c2cn(-c3ccncc3)cn2)n1. The second-order valence-corrected chi connectivity index (χ2v) is 6.79. The van der Waals surface area contributed by atoms with Crippen LogP contribution in [0, 0.1) is 6.92 Å². The first kappa shape index (κ1) is 18.8. The van der Waals surface area contributed by atoms with Crippen LogP contribution in [0.1, 0.15) is 37.8 Å². The first-order chi connectivity index (χ1) is 14.0. The van der Waals surface area contributed by atoms with Crippen LogP contribution in [0.2, 0.25) is 0 Å². The quantitative estimate of drug-likeness (QED) is 0.679. The molecule has 29 heavy (non-hydrogen) atoms. The van der Waals surface area contributed by atoms with Gasteiger partial charge < -0.3 is 14.6 Å². The largest absolute Gasteiger partial charge is 0.447 e. The van der Waals surface area contributed by atoms with Gasteiger partial charge in [-0.3, -0.25) is 4.98 Å². The Balaban J connectivity index is 1.54. The molecule has 3 aromatic heterocycles. The molecule has 10 heteroatoms. The number of carbonyl (C=O) groups excluding carboxylic acids is 1. The summed E-state index contributed by atoms with van der Waals surface area (Å²) in [7, 11) is 0. The number of aryl methyl sites for hydroxylation is 1. The second kappa shape index (κ2) is 7.82. The van der Waals surface area contributed by atoms with Crippen molar-refractivity contribution in [3.05, 3.63) is 48.6 Å². The molecule has 0 radical (unpaired) electrons. The Morgan fingerprint density at radius 1 is 1.28 bits per heavy atom. The number of nitrogens with zero attached hydrogens (tertiary/aromatic N) is 7. The summed E-state index contributed by atoms with van der Waals surface area (Å²) in [6.07, 6.45) is 7.48. The number of pyridine rings is 1. The number of anilines is 2. The minimum absolute atomic E-state index is 0.0781. The average Bonchev–Trinajstić information content (AvgIpc) is 3.35. The van der Waals surface area contributed by atoms with Crippen molar-refractivity contribution >= 4 is 18.0 Å². The molecule has 4 heterocycles. The van der Waals surface area contributed by atoms with Crippen LogP contribution in [0.15, 0.2) is 37.1 Å². The highest BCUT2D eigenvalue weighted by atomic mass is 16.6. The number of hydrogen-bond donors (Lipinski definition) is 1. The Hall–Kier alpha value is -3.56. The molecule has 4 rings (SSSR count). The summed E-state index contributed by atoms with van der Waals surface area (Å²) in [5, 5.41) is 3.25. The van der Waals surface area contributed by atoms with Crippen molar-refractivity contribution in [2.45, 2.75) is 39.3 Å². The number of rotatable bonds is 6. The molecule has 1 N–H and O–H groups in total. The lowest BCUT2D eigenvalue weighted by molar-refractivity contribution is 0.178. The zero-order valence-electron chi connectivity index (χ0n) is 16.5. The van der Waals surface area contributed by atoms with Crippen LogP contribution in [0.4, 0.5) is 16.7 Å². The van der Waals surface area contributed by atoms with Crippen LogP contribution in [-0.2, 0) is 4.74 Å². The van der Waals surface area contributed by atoms with Gasteiger partial charge in [-0.1, -0.05) is 6.92 Å². The second-order valence-electron chi connectivity index (χ2n) is 6.79. The van der Waals surface area contributed by atoms with E-state index in [0.29, 0.717) is 24.3 Å². The molecule has 0 saturated carbocycles. The topological polar surface area (TPSA) is 111 Å². The van der Waals surface area contributed by atoms with Gasteiger partial charge in [-0.15, -0.1) is 0 Å². The zero-order chi connectivity index (χ0) is 20.4. The summed E-state index contributed by atoms with van der Waals surface area (Å²) in [6.45, 7) is 6.07. The normalized spacial score (nSPS) is 17.3. The fourth-order valence-electron chi connectivity index (χ4n) is 3.13. The maximum absolute atomic E-state index is 12.1. The van der Waals surface area contributed by atoms with Crippen molar-refractivity contribution in [1.29, 1.82) is 0 Å². The fraction of sp³-hybridized carbons (Fsp3) is 0.368. The molecule has 1 amide bonds. The highest BCUT2D eigenvalue weighted by molar-refractivity contribution is 5.88. The first-order valence-corrected chi connectivity index (χ1v) is 9.44. The Morgan fingerprint density at radius 2 is 2.07 bits per heavy atom. The average molecular weight is 394 g/mol. The molecule has 0 bridgehead atoms. The zero-order valence-corrected chi connectivity index (χ0v) is 16.5. The van der Waals surface area contributed by atoms with Crippen molar-refractivity contribution in [3.8, 4) is 5.69 Å². The monoisotopic (exact) mass is 394 g/mol. The predicted octanol–water partition coefficient (Wildman–Crippen LogP) is 2.67. The van der Waals surface area contributed by atoms with Gasteiger partial charge in [0.25, 0.3) is 0 Å². The summed E-state index contributed by atoms with van der Waals surface area (Å²) in [4.78, 5) is 35.2. The molecule has 2 atom stereocenters. The van der Waals surface area contributed by atoms with Crippen molar-refractivity contribution in [3.63, 3.8) is 0 Å². The van der Waals surface area contributed by atoms with Gasteiger partial charge in [0.05, 0.1) is 24.1 Å². The van der Waals surface area contributed by atoms with Crippen LogP contribution in [0.3, 0.4) is 0 Å². The lowest BCUT2D eigenvalue weighted by atomic mass is 10.2. The first-order valence-electron chi connectivity index (χ1n) is 9.44. The number of hydrogen-bond acceptors (Lipinski definition) is 8. The minimum atomic E-state index is -0.433. The van der Waals surface area contributed by atoms with Crippen LogP contribution >= 0.6 is 0 Å². The Kier molecular flexibility index (Phi) is 5.07. The van der Waals surface area contributed by atoms with E-state index in [4.69, 9.17) is 4.74 Å². The molecule has 1 fully saturated rings. The number of aromatic nitrogens is 6. The van der Waals surface area contributed by atoms with Crippen LogP contribution < -0.4 is 10.2 Å². The van der Waals surface area contributed by atoms with Gasteiger partial charge >= 0.3 is 6.09 Å². The molecule has 0 spiro atoms. The summed E-state index contributed by atoms with van der Waals surface area (Å²) >= 11 is 0. The predicted molar refractivity (Wildman–Crippen MR) is 106 cm³/mol. The molecule has 1 saturated heterocycles. The van der Waals surface area contributed by atoms with Gasteiger partial charge in [-0.25, -0.2) is 14.7 Å². The molecule has 0 aromatic carbocycles. The summed E-state index contributed by atoms with van der Waals surface area (Å²) in [6, 6.07) is 3.58. The van der Waals surface area contributed by atoms with Crippen LogP contribution in [-0.4, -0.2) is 48.2 Å². The van der Waals surface area contributed by atoms with Crippen molar-refractivity contribution < 1.29 is 9.53 Å². The van der Waals surface area contributed by atoms with E-state index >= 15 is 0 Å². The standard InChI is InChI=1S/C19H22N8O2/c1-4-14-10-29-19(28)27(14)18-24-13(3)23-17(25-18)22-12(2)16-9-26(11-21-16)15-5-7-20-8-6-15/h5-9,11-12,14H,4,10H2,1-3H3,(H,22,23,24,25)/t12-,14-/m0/s1. The molecule has 10 nitrogen and oxygen atoms in total. The molecular weight excluding hydrogens is 372 g/mol. The third kappa shape index (κ3) is 3.86. The van der Waals surface area contributed by atoms with E-state index in [9.17, 15) is 4.79 Å². The number of ether oxygens (including phenoxy) is 1. The molecule has 150 valence electrons. The number of nitrogens with one attached hydrogen (secondary N) is 1. The summed E-state index contributed by atoms with van der Waals surface area (Å²) in [5.41, 5.74) is 1.80. The Morgan fingerprint density at radius 3 is 2.83 bits per heavy atom. The van der Waals surface area contributed by atoms with E-state index < -0.39 is 6.09 Å². The Labute approximate surface area is 168 Å². The van der Waals surface area contributed by atoms with Gasteiger partial charge in [0.1, 0.15) is 12.4 Å². The molecule has 3 aromatic rings. The number of imidazole rings is 1. The lowest BCUT2D eigenvalue weighted by Gasteiger charge is -2.19. The van der Waals surface area contributed by atoms with Gasteiger partial charge in [0.15, 0.2) is 0 Å². The molecule has 1 aliphatic heterocycles. The van der Waals surface area contributed by atoms with E-state index in [1.54, 1.807) is 25.6 Å². The lowest BCUT2D eigenvalue weighted by Crippen LogP contribution is -2.34. The summed E-state index contributed by atoms with van der Waals surface area (Å²) < 4.78 is 7.07. The van der Waals surface area contributed by atoms with E-state index in [0.717, 1.165) is 17.8 Å². The van der Waals surface area contributed by atoms with Crippen LogP contribution in [0.25, 0.3) is 5.69 Å². The maximum atomic E-state index is 12.1. The maximum Gasteiger partial charge on any atom is 0.417 e. The van der Waals surface area contributed by atoms with Gasteiger partial charge in [0.2, 0.25) is 11.9 Å². The van der Waals surface area contributed by atoms with Crippen molar-refractivity contribution in [2.24, 2.45) is 0 Å². The van der Waals surface area contributed by atoms with E-state index in [1.807, 2.05) is 36.7 Å². The van der Waals surface area contributed by atoms with E-state index in [2.05, 4.69) is 30.2 Å². The smallest absolute Gasteiger partial charge is 0.417 e. The highest BCUT2D eigenvalue weighted by Crippen LogP contribution is 2.23. The molecular formula is C19H22N8O2. The molecule has 0 aliphatic carbocycles. The number of amides is 1. The fourth-order valence-corrected chi connectivity index (χ4v) is 3.13. The van der Waals surface area contributed by atoms with Gasteiger partial charge in [0, 0.05) is 24.3 Å². The molecule has 1 aliphatic rings. The third-order valence-electron chi connectivity index (χ3n) is 4.74. The van der Waals surface area contributed by atoms with Crippen molar-refractivity contribution in [1.82, 2.24) is 29.5 Å². The van der Waals surface area contributed by atoms with E-state index in [1.165, 1.54) is 4.90 Å². The van der Waals surface area contributed by atoms with Crippen LogP contribution in [0.5, 0.6) is 0 Å². The number of cyclic esters (lactones) is 1. The van der Waals surface area contributed by atoms with Crippen molar-refractivity contribution in [2.75, 3.05) is 16.8 Å².